The van der Waals surface area contributed by atoms with E-state index in [2.05, 4.69) is 9.97 Å². The van der Waals surface area contributed by atoms with Gasteiger partial charge in [0.05, 0.1) is 5.52 Å². The summed E-state index contributed by atoms with van der Waals surface area (Å²) < 4.78 is 75.5. The SMILES string of the molecule is Fc1ccc(F)c(F)c1.N[C@@H]1CCC[C@H](n2cc3cnc(C(F)(F)F)nc3c2)C1. The van der Waals surface area contributed by atoms with Gasteiger partial charge in [-0.15, -0.1) is 0 Å². The Morgan fingerprint density at radius 3 is 2.41 bits per heavy atom. The minimum absolute atomic E-state index is 0.163. The number of fused-ring (bicyclic) bond motifs is 1. The second-order valence-corrected chi connectivity index (χ2v) is 6.88. The topological polar surface area (TPSA) is 56.7 Å². The lowest BCUT2D eigenvalue weighted by molar-refractivity contribution is -0.144. The van der Waals surface area contributed by atoms with Gasteiger partial charge in [0.15, 0.2) is 11.6 Å². The summed E-state index contributed by atoms with van der Waals surface area (Å²) in [7, 11) is 0. The summed E-state index contributed by atoms with van der Waals surface area (Å²) in [5.74, 6) is -4.05. The van der Waals surface area contributed by atoms with Gasteiger partial charge >= 0.3 is 6.18 Å². The largest absolute Gasteiger partial charge is 0.451 e. The van der Waals surface area contributed by atoms with Crippen LogP contribution in [0.4, 0.5) is 26.3 Å². The highest BCUT2D eigenvalue weighted by Gasteiger charge is 2.34. The van der Waals surface area contributed by atoms with Crippen molar-refractivity contribution >= 4 is 10.9 Å². The van der Waals surface area contributed by atoms with Crippen LogP contribution in [-0.4, -0.2) is 20.6 Å². The fraction of sp³-hybridized carbons (Fsp3) is 0.368. The van der Waals surface area contributed by atoms with Gasteiger partial charge in [-0.05, 0) is 37.8 Å². The molecule has 0 bridgehead atoms. The van der Waals surface area contributed by atoms with E-state index in [1.54, 1.807) is 12.4 Å². The lowest BCUT2D eigenvalue weighted by Gasteiger charge is -2.27. The molecule has 0 unspecified atom stereocenters. The molecule has 0 saturated heterocycles. The van der Waals surface area contributed by atoms with Gasteiger partial charge in [-0.2, -0.15) is 13.2 Å². The molecule has 2 atom stereocenters. The van der Waals surface area contributed by atoms with Crippen molar-refractivity contribution in [3.63, 3.8) is 0 Å². The first-order chi connectivity index (χ1) is 13.6. The summed E-state index contributed by atoms with van der Waals surface area (Å²) in [4.78, 5) is 6.97. The number of hydrogen-bond donors (Lipinski definition) is 1. The Labute approximate surface area is 162 Å². The molecule has 1 fully saturated rings. The predicted molar refractivity (Wildman–Crippen MR) is 94.3 cm³/mol. The number of nitrogens with two attached hydrogens (primary N) is 1. The molecule has 2 aromatic heterocycles. The van der Waals surface area contributed by atoms with Crippen LogP contribution in [0.5, 0.6) is 0 Å². The van der Waals surface area contributed by atoms with Crippen LogP contribution in [0.3, 0.4) is 0 Å². The molecule has 0 amide bonds. The van der Waals surface area contributed by atoms with Gasteiger partial charge in [0.1, 0.15) is 5.82 Å². The molecule has 1 aliphatic carbocycles. The van der Waals surface area contributed by atoms with Gasteiger partial charge < -0.3 is 10.3 Å². The molecule has 10 heteroatoms. The predicted octanol–water partition coefficient (Wildman–Crippen LogP) is 5.00. The van der Waals surface area contributed by atoms with Crippen LogP contribution in [0.2, 0.25) is 0 Å². The number of benzene rings is 1. The van der Waals surface area contributed by atoms with Crippen molar-refractivity contribution in [2.45, 2.75) is 43.9 Å². The van der Waals surface area contributed by atoms with Gasteiger partial charge in [-0.25, -0.2) is 23.1 Å². The number of rotatable bonds is 1. The van der Waals surface area contributed by atoms with Crippen molar-refractivity contribution in [3.05, 3.63) is 60.1 Å². The van der Waals surface area contributed by atoms with E-state index < -0.39 is 29.5 Å². The van der Waals surface area contributed by atoms with Crippen LogP contribution < -0.4 is 5.73 Å². The van der Waals surface area contributed by atoms with E-state index in [1.165, 1.54) is 6.20 Å². The average molecular weight is 416 g/mol. The molecule has 2 N–H and O–H groups in total. The van der Waals surface area contributed by atoms with Crippen molar-refractivity contribution in [1.29, 1.82) is 0 Å². The zero-order valence-corrected chi connectivity index (χ0v) is 15.1. The summed E-state index contributed by atoms with van der Waals surface area (Å²) in [5, 5.41) is 0.622. The monoisotopic (exact) mass is 416 g/mol. The van der Waals surface area contributed by atoms with Gasteiger partial charge in [0, 0.05) is 42.1 Å². The molecule has 2 heterocycles. The second kappa shape index (κ2) is 8.40. The van der Waals surface area contributed by atoms with E-state index in [4.69, 9.17) is 5.73 Å². The van der Waals surface area contributed by atoms with Crippen LogP contribution in [0.25, 0.3) is 10.9 Å². The third-order valence-electron chi connectivity index (χ3n) is 4.65. The fourth-order valence-corrected chi connectivity index (χ4v) is 3.24. The molecule has 29 heavy (non-hydrogen) atoms. The Bertz CT molecular complexity index is 984. The summed E-state index contributed by atoms with van der Waals surface area (Å²) in [6, 6.07) is 2.50. The minimum Gasteiger partial charge on any atom is -0.348 e. The molecule has 1 aliphatic rings. The number of hydrogen-bond acceptors (Lipinski definition) is 3. The maximum atomic E-state index is 12.6. The van der Waals surface area contributed by atoms with E-state index in [-0.39, 0.29) is 12.1 Å². The quantitative estimate of drug-likeness (QED) is 0.449. The highest BCUT2D eigenvalue weighted by atomic mass is 19.4. The highest BCUT2D eigenvalue weighted by Crippen LogP contribution is 2.31. The van der Waals surface area contributed by atoms with E-state index in [0.717, 1.165) is 37.8 Å². The van der Waals surface area contributed by atoms with E-state index in [1.807, 2.05) is 4.57 Å². The van der Waals surface area contributed by atoms with Crippen molar-refractivity contribution in [1.82, 2.24) is 14.5 Å². The fourth-order valence-electron chi connectivity index (χ4n) is 3.24. The van der Waals surface area contributed by atoms with Crippen LogP contribution in [-0.2, 0) is 6.18 Å². The third-order valence-corrected chi connectivity index (χ3v) is 4.65. The van der Waals surface area contributed by atoms with Crippen LogP contribution in [0, 0.1) is 17.5 Å². The van der Waals surface area contributed by atoms with Crippen molar-refractivity contribution in [2.75, 3.05) is 0 Å². The highest BCUT2D eigenvalue weighted by molar-refractivity contribution is 5.77. The maximum Gasteiger partial charge on any atom is 0.451 e. The van der Waals surface area contributed by atoms with Gasteiger partial charge in [-0.1, -0.05) is 0 Å². The van der Waals surface area contributed by atoms with Crippen LogP contribution in [0.15, 0.2) is 36.8 Å². The van der Waals surface area contributed by atoms with Gasteiger partial charge in [0.2, 0.25) is 5.82 Å². The molecular weight excluding hydrogens is 398 g/mol. The molecule has 4 nitrogen and oxygen atoms in total. The lowest BCUT2D eigenvalue weighted by Crippen LogP contribution is -2.28. The van der Waals surface area contributed by atoms with Crippen molar-refractivity contribution in [2.24, 2.45) is 5.73 Å². The van der Waals surface area contributed by atoms with Crippen LogP contribution >= 0.6 is 0 Å². The summed E-state index contributed by atoms with van der Waals surface area (Å²) >= 11 is 0. The van der Waals surface area contributed by atoms with Gasteiger partial charge in [-0.3, -0.25) is 0 Å². The first-order valence-electron chi connectivity index (χ1n) is 8.91. The van der Waals surface area contributed by atoms with E-state index in [9.17, 15) is 26.3 Å². The number of nitrogens with zero attached hydrogens (tertiary/aromatic N) is 3. The summed E-state index contributed by atoms with van der Waals surface area (Å²) in [6.07, 6.45) is 4.07. The molecule has 1 aromatic carbocycles. The van der Waals surface area contributed by atoms with E-state index in [0.29, 0.717) is 17.0 Å². The van der Waals surface area contributed by atoms with Crippen molar-refractivity contribution in [3.8, 4) is 0 Å². The Morgan fingerprint density at radius 1 is 1.03 bits per heavy atom. The molecular formula is C19H18F6N4. The van der Waals surface area contributed by atoms with Crippen LogP contribution in [0.1, 0.15) is 37.5 Å². The molecule has 0 spiro atoms. The smallest absolute Gasteiger partial charge is 0.348 e. The number of aromatic nitrogens is 3. The Morgan fingerprint density at radius 2 is 1.79 bits per heavy atom. The zero-order valence-electron chi connectivity index (χ0n) is 15.1. The Hall–Kier alpha value is -2.62. The Balaban J connectivity index is 0.000000224. The molecule has 1 saturated carbocycles. The summed E-state index contributed by atoms with van der Waals surface area (Å²) in [6.45, 7) is 0. The number of halogens is 6. The standard InChI is InChI=1S/C13H15F3N4.C6H3F3/c14-13(15,16)12-18-5-8-6-20(7-11(8)19-12)10-3-1-2-9(17)4-10;7-4-1-2-5(8)6(9)3-4/h5-7,9-10H,1-4,17H2;1-3H/t9-,10+;/m1./s1. The maximum absolute atomic E-state index is 12.6. The Kier molecular flexibility index (Phi) is 6.11. The summed E-state index contributed by atoms with van der Waals surface area (Å²) in [5.41, 5.74) is 6.27. The average Bonchev–Trinajstić information content (AvgIpc) is 3.08. The lowest BCUT2D eigenvalue weighted by atomic mass is 9.91. The normalized spacial score (nSPS) is 19.7. The first kappa shape index (κ1) is 21.1. The third kappa shape index (κ3) is 5.26. The second-order valence-electron chi connectivity index (χ2n) is 6.88. The zero-order chi connectivity index (χ0) is 21.2. The van der Waals surface area contributed by atoms with Crippen molar-refractivity contribution < 1.29 is 26.3 Å². The van der Waals surface area contributed by atoms with E-state index >= 15 is 0 Å². The molecule has 0 radical (unpaired) electrons. The first-order valence-corrected chi connectivity index (χ1v) is 8.91. The molecule has 4 rings (SSSR count). The molecule has 3 aromatic rings. The van der Waals surface area contributed by atoms with Gasteiger partial charge in [0.25, 0.3) is 0 Å². The number of alkyl halides is 3. The minimum atomic E-state index is -4.51. The molecule has 156 valence electrons. The molecule has 0 aliphatic heterocycles.